The normalized spacial score (nSPS) is 11.2. The van der Waals surface area contributed by atoms with Crippen LogP contribution in [0, 0.1) is 0 Å². The zero-order valence-corrected chi connectivity index (χ0v) is 12.5. The van der Waals surface area contributed by atoms with Gasteiger partial charge in [0.1, 0.15) is 6.54 Å². The molecule has 0 aliphatic heterocycles. The lowest BCUT2D eigenvalue weighted by molar-refractivity contribution is -0.121. The Morgan fingerprint density at radius 3 is 2.76 bits per heavy atom. The number of carbonyl (C=O) groups excluding carboxylic acids is 1. The molecule has 2 aromatic rings. The van der Waals surface area contributed by atoms with Gasteiger partial charge < -0.3 is 10.2 Å². The maximum atomic E-state index is 12.0. The van der Waals surface area contributed by atoms with Crippen LogP contribution < -0.4 is 11.0 Å². The molecule has 0 fully saturated rings. The lowest BCUT2D eigenvalue weighted by atomic mass is 10.4. The van der Waals surface area contributed by atoms with Crippen LogP contribution in [-0.4, -0.2) is 51.2 Å². The summed E-state index contributed by atoms with van der Waals surface area (Å²) in [7, 11) is 0. The molecule has 1 amide bonds. The summed E-state index contributed by atoms with van der Waals surface area (Å²) < 4.78 is 2.60. The first-order chi connectivity index (χ1) is 10.2. The average molecular weight is 291 g/mol. The van der Waals surface area contributed by atoms with Crippen LogP contribution in [0.25, 0.3) is 5.65 Å². The van der Waals surface area contributed by atoms with Crippen molar-refractivity contribution in [3.05, 3.63) is 34.9 Å². The molecular formula is C14H21N5O2. The monoisotopic (exact) mass is 291 g/mol. The van der Waals surface area contributed by atoms with Crippen LogP contribution in [0.3, 0.4) is 0 Å². The Balaban J connectivity index is 1.93. The molecule has 7 nitrogen and oxygen atoms in total. The highest BCUT2D eigenvalue weighted by Gasteiger charge is 2.10. The van der Waals surface area contributed by atoms with Crippen molar-refractivity contribution in [3.8, 4) is 0 Å². The molecule has 7 heteroatoms. The molecular weight excluding hydrogens is 270 g/mol. The standard InChI is InChI=1S/C14H21N5O2/c1-3-17(4-2)10-8-15-13(20)11-19-14(21)18-9-6-5-7-12(18)16-19/h5-7,9H,3-4,8,10-11H2,1-2H3,(H,15,20). The molecule has 0 aliphatic carbocycles. The SMILES string of the molecule is CCN(CC)CCNC(=O)Cn1nc2ccccn2c1=O. The van der Waals surface area contributed by atoms with Gasteiger partial charge in [-0.1, -0.05) is 19.9 Å². The molecule has 2 aromatic heterocycles. The van der Waals surface area contributed by atoms with E-state index in [0.29, 0.717) is 12.2 Å². The van der Waals surface area contributed by atoms with Crippen molar-refractivity contribution >= 4 is 11.6 Å². The summed E-state index contributed by atoms with van der Waals surface area (Å²) in [6.45, 7) is 7.40. The molecule has 0 bridgehead atoms. The van der Waals surface area contributed by atoms with E-state index < -0.39 is 0 Å². The Bertz CT molecular complexity index is 657. The molecule has 0 atom stereocenters. The smallest absolute Gasteiger partial charge is 0.350 e. The molecule has 2 heterocycles. The summed E-state index contributed by atoms with van der Waals surface area (Å²) in [5.41, 5.74) is 0.239. The fourth-order valence-corrected chi connectivity index (χ4v) is 2.16. The molecule has 0 aromatic carbocycles. The first-order valence-corrected chi connectivity index (χ1v) is 7.19. The van der Waals surface area contributed by atoms with E-state index in [2.05, 4.69) is 29.2 Å². The summed E-state index contributed by atoms with van der Waals surface area (Å²) in [5, 5.41) is 6.94. The number of nitrogens with zero attached hydrogens (tertiary/aromatic N) is 4. The van der Waals surface area contributed by atoms with Crippen molar-refractivity contribution in [2.75, 3.05) is 26.2 Å². The van der Waals surface area contributed by atoms with E-state index in [9.17, 15) is 9.59 Å². The van der Waals surface area contributed by atoms with Crippen LogP contribution in [0.2, 0.25) is 0 Å². The summed E-state index contributed by atoms with van der Waals surface area (Å²) in [5.74, 6) is -0.201. The minimum Gasteiger partial charge on any atom is -0.353 e. The van der Waals surface area contributed by atoms with Gasteiger partial charge >= 0.3 is 5.69 Å². The van der Waals surface area contributed by atoms with Crippen molar-refractivity contribution in [3.63, 3.8) is 0 Å². The van der Waals surface area contributed by atoms with Gasteiger partial charge in [-0.05, 0) is 25.2 Å². The summed E-state index contributed by atoms with van der Waals surface area (Å²) in [6, 6.07) is 5.29. The second-order valence-corrected chi connectivity index (χ2v) is 4.75. The lowest BCUT2D eigenvalue weighted by Gasteiger charge is -2.17. The zero-order valence-electron chi connectivity index (χ0n) is 12.5. The number of amides is 1. The largest absolute Gasteiger partial charge is 0.353 e. The van der Waals surface area contributed by atoms with E-state index in [-0.39, 0.29) is 18.1 Å². The van der Waals surface area contributed by atoms with Crippen LogP contribution in [0.4, 0.5) is 0 Å². The van der Waals surface area contributed by atoms with Crippen molar-refractivity contribution in [1.82, 2.24) is 24.4 Å². The Labute approximate surface area is 123 Å². The fraction of sp³-hybridized carbons (Fsp3) is 0.500. The molecule has 21 heavy (non-hydrogen) atoms. The van der Waals surface area contributed by atoms with Crippen LogP contribution >= 0.6 is 0 Å². The predicted octanol–water partition coefficient (Wildman–Crippen LogP) is -0.0460. The van der Waals surface area contributed by atoms with Crippen molar-refractivity contribution < 1.29 is 4.79 Å². The molecule has 0 saturated carbocycles. The maximum Gasteiger partial charge on any atom is 0.350 e. The number of rotatable bonds is 7. The minimum absolute atomic E-state index is 0.0568. The van der Waals surface area contributed by atoms with E-state index in [4.69, 9.17) is 0 Å². The number of aromatic nitrogens is 3. The van der Waals surface area contributed by atoms with Crippen molar-refractivity contribution in [2.45, 2.75) is 20.4 Å². The molecule has 1 N–H and O–H groups in total. The van der Waals surface area contributed by atoms with Gasteiger partial charge in [0.2, 0.25) is 5.91 Å². The average Bonchev–Trinajstić information content (AvgIpc) is 2.80. The van der Waals surface area contributed by atoms with Crippen molar-refractivity contribution in [1.29, 1.82) is 0 Å². The van der Waals surface area contributed by atoms with E-state index in [1.54, 1.807) is 24.4 Å². The first-order valence-electron chi connectivity index (χ1n) is 7.19. The Morgan fingerprint density at radius 2 is 2.10 bits per heavy atom. The molecule has 2 rings (SSSR count). The highest BCUT2D eigenvalue weighted by atomic mass is 16.2. The van der Waals surface area contributed by atoms with Gasteiger partial charge in [-0.25, -0.2) is 9.48 Å². The highest BCUT2D eigenvalue weighted by Crippen LogP contribution is 1.94. The Morgan fingerprint density at radius 1 is 1.33 bits per heavy atom. The third kappa shape index (κ3) is 3.69. The second kappa shape index (κ2) is 7.03. The van der Waals surface area contributed by atoms with Gasteiger partial charge in [-0.3, -0.25) is 9.20 Å². The third-order valence-electron chi connectivity index (χ3n) is 3.43. The highest BCUT2D eigenvalue weighted by molar-refractivity contribution is 5.75. The lowest BCUT2D eigenvalue weighted by Crippen LogP contribution is -2.37. The van der Waals surface area contributed by atoms with E-state index in [1.165, 1.54) is 9.08 Å². The van der Waals surface area contributed by atoms with E-state index >= 15 is 0 Å². The van der Waals surface area contributed by atoms with Gasteiger partial charge in [-0.15, -0.1) is 5.10 Å². The molecule has 114 valence electrons. The topological polar surface area (TPSA) is 71.6 Å². The Kier molecular flexibility index (Phi) is 5.10. The van der Waals surface area contributed by atoms with Gasteiger partial charge in [-0.2, -0.15) is 0 Å². The third-order valence-corrected chi connectivity index (χ3v) is 3.43. The van der Waals surface area contributed by atoms with Crippen LogP contribution in [0.1, 0.15) is 13.8 Å². The number of nitrogens with one attached hydrogen (secondary N) is 1. The molecule has 0 radical (unpaired) electrons. The van der Waals surface area contributed by atoms with Gasteiger partial charge in [0, 0.05) is 19.3 Å². The summed E-state index contributed by atoms with van der Waals surface area (Å²) in [6.07, 6.45) is 1.64. The minimum atomic E-state index is -0.301. The number of likely N-dealkylation sites (N-methyl/N-ethyl adjacent to an activating group) is 1. The zero-order chi connectivity index (χ0) is 15.2. The molecule has 0 saturated heterocycles. The number of hydrogen-bond donors (Lipinski definition) is 1. The number of hydrogen-bond acceptors (Lipinski definition) is 4. The van der Waals surface area contributed by atoms with Crippen LogP contribution in [0.5, 0.6) is 0 Å². The molecule has 0 unspecified atom stereocenters. The number of pyridine rings is 1. The predicted molar refractivity (Wildman–Crippen MR) is 80.2 cm³/mol. The van der Waals surface area contributed by atoms with E-state index in [0.717, 1.165) is 19.6 Å². The van der Waals surface area contributed by atoms with Crippen LogP contribution in [0.15, 0.2) is 29.2 Å². The van der Waals surface area contributed by atoms with Gasteiger partial charge in [0.05, 0.1) is 0 Å². The summed E-state index contributed by atoms with van der Waals surface area (Å²) >= 11 is 0. The molecule has 0 spiro atoms. The van der Waals surface area contributed by atoms with Gasteiger partial charge in [0.15, 0.2) is 5.65 Å². The fourth-order valence-electron chi connectivity index (χ4n) is 2.16. The number of fused-ring (bicyclic) bond motifs is 1. The van der Waals surface area contributed by atoms with E-state index in [1.807, 2.05) is 0 Å². The quantitative estimate of drug-likeness (QED) is 0.776. The van der Waals surface area contributed by atoms with Crippen LogP contribution in [-0.2, 0) is 11.3 Å². The van der Waals surface area contributed by atoms with Crippen molar-refractivity contribution in [2.24, 2.45) is 0 Å². The van der Waals surface area contributed by atoms with Gasteiger partial charge in [0.25, 0.3) is 0 Å². The second-order valence-electron chi connectivity index (χ2n) is 4.75. The Hall–Kier alpha value is -2.15. The first kappa shape index (κ1) is 15.2. The number of carbonyl (C=O) groups is 1. The molecule has 0 aliphatic rings. The maximum absolute atomic E-state index is 12.0. The summed E-state index contributed by atoms with van der Waals surface area (Å²) in [4.78, 5) is 26.1.